The van der Waals surface area contributed by atoms with Gasteiger partial charge in [0.2, 0.25) is 11.5 Å². The van der Waals surface area contributed by atoms with E-state index in [-0.39, 0.29) is 12.2 Å². The van der Waals surface area contributed by atoms with Crippen LogP contribution < -0.4 is 28.7 Å². The van der Waals surface area contributed by atoms with Gasteiger partial charge in [-0.25, -0.2) is 4.79 Å². The average Bonchev–Trinajstić information content (AvgIpc) is 3.50. The molecule has 2 aromatic rings. The topological polar surface area (TPSA) is 100 Å². The Kier molecular flexibility index (Phi) is 8.07. The lowest BCUT2D eigenvalue weighted by atomic mass is 10.1. The molecule has 2 heterocycles. The number of methoxy groups -OCH3 is 3. The number of carbonyl (C=O) groups excluding carboxylic acids is 1. The van der Waals surface area contributed by atoms with Crippen LogP contribution in [0.15, 0.2) is 12.1 Å². The minimum atomic E-state index is -0.511. The molecule has 33 heavy (non-hydrogen) atoms. The molecule has 2 aromatic carbocycles. The van der Waals surface area contributed by atoms with Crippen LogP contribution in [0.5, 0.6) is 34.5 Å². The van der Waals surface area contributed by atoms with Crippen LogP contribution >= 0.6 is 0 Å². The molecule has 0 saturated heterocycles. The molecule has 10 nitrogen and oxygen atoms in total. The highest BCUT2D eigenvalue weighted by Crippen LogP contribution is 2.45. The summed E-state index contributed by atoms with van der Waals surface area (Å²) < 4.78 is 26.2. The zero-order chi connectivity index (χ0) is 24.0. The van der Waals surface area contributed by atoms with Crippen LogP contribution in [0.2, 0.25) is 0 Å². The van der Waals surface area contributed by atoms with Crippen molar-refractivity contribution in [2.45, 2.75) is 34.0 Å². The third-order valence-corrected chi connectivity index (χ3v) is 4.88. The fraction of sp³-hybridized carbons (Fsp3) is 0.435. The van der Waals surface area contributed by atoms with E-state index in [2.05, 4.69) is 0 Å². The fourth-order valence-corrected chi connectivity index (χ4v) is 3.48. The SMILES string of the molecule is CCOc1cc(C(=O)OC)c(OCC)c2c1COO2.COc1cc(C)c(OC)c2c1OOC2. The summed E-state index contributed by atoms with van der Waals surface area (Å²) >= 11 is 0. The first-order valence-corrected chi connectivity index (χ1v) is 10.4. The number of benzene rings is 2. The normalized spacial score (nSPS) is 12.9. The van der Waals surface area contributed by atoms with Gasteiger partial charge in [0.1, 0.15) is 30.3 Å². The lowest BCUT2D eigenvalue weighted by Crippen LogP contribution is -2.08. The van der Waals surface area contributed by atoms with Crippen molar-refractivity contribution >= 4 is 5.97 Å². The molecule has 0 spiro atoms. The van der Waals surface area contributed by atoms with Gasteiger partial charge in [-0.05, 0) is 38.5 Å². The van der Waals surface area contributed by atoms with E-state index in [1.165, 1.54) is 7.11 Å². The van der Waals surface area contributed by atoms with Gasteiger partial charge in [0, 0.05) is 0 Å². The van der Waals surface area contributed by atoms with Crippen LogP contribution in [0.4, 0.5) is 0 Å². The van der Waals surface area contributed by atoms with Crippen LogP contribution in [0.25, 0.3) is 0 Å². The minimum Gasteiger partial charge on any atom is -0.496 e. The molecule has 2 aliphatic rings. The van der Waals surface area contributed by atoms with Crippen molar-refractivity contribution < 1.29 is 48.0 Å². The van der Waals surface area contributed by atoms with Crippen LogP contribution in [-0.2, 0) is 27.7 Å². The molecule has 2 aliphatic heterocycles. The first kappa shape index (κ1) is 24.3. The Morgan fingerprint density at radius 2 is 1.52 bits per heavy atom. The molecule has 0 radical (unpaired) electrons. The van der Waals surface area contributed by atoms with E-state index < -0.39 is 5.97 Å². The minimum absolute atomic E-state index is 0.256. The lowest BCUT2D eigenvalue weighted by molar-refractivity contribution is -0.195. The number of aryl methyl sites for hydroxylation is 1. The molecule has 0 N–H and O–H groups in total. The predicted octanol–water partition coefficient (Wildman–Crippen LogP) is 3.93. The molecular formula is C23H28O10. The first-order valence-electron chi connectivity index (χ1n) is 10.4. The average molecular weight is 464 g/mol. The van der Waals surface area contributed by atoms with Crippen LogP contribution in [0.1, 0.15) is 40.9 Å². The molecule has 0 amide bonds. The Bertz CT molecular complexity index is 1000. The van der Waals surface area contributed by atoms with E-state index in [1.54, 1.807) is 20.3 Å². The summed E-state index contributed by atoms with van der Waals surface area (Å²) in [4.78, 5) is 31.8. The second-order valence-corrected chi connectivity index (χ2v) is 6.84. The number of ether oxygens (including phenoxy) is 5. The van der Waals surface area contributed by atoms with Crippen molar-refractivity contribution in [1.29, 1.82) is 0 Å². The number of rotatable bonds is 7. The predicted molar refractivity (Wildman–Crippen MR) is 115 cm³/mol. The van der Waals surface area contributed by atoms with E-state index in [9.17, 15) is 4.79 Å². The molecule has 0 bridgehead atoms. The molecule has 0 fully saturated rings. The number of carbonyl (C=O) groups is 1. The smallest absolute Gasteiger partial charge is 0.341 e. The van der Waals surface area contributed by atoms with Gasteiger partial charge in [-0.1, -0.05) is 0 Å². The standard InChI is InChI=1S/C13H16O6.C10H12O4/c1-4-16-10-6-8(13(14)15-3)11(17-5-2)12-9(10)7-18-19-12;1-6-4-8(11-2)10-7(5-13-14-10)9(6)12-3/h6H,4-5,7H2,1-3H3;4H,5H2,1-3H3. The van der Waals surface area contributed by atoms with Crippen molar-refractivity contribution in [2.75, 3.05) is 34.5 Å². The van der Waals surface area contributed by atoms with Crippen LogP contribution in [0.3, 0.4) is 0 Å². The van der Waals surface area contributed by atoms with Gasteiger partial charge in [0.05, 0.1) is 45.7 Å². The highest BCUT2D eigenvalue weighted by Gasteiger charge is 2.30. The zero-order valence-corrected chi connectivity index (χ0v) is 19.6. The Morgan fingerprint density at radius 3 is 2.12 bits per heavy atom. The lowest BCUT2D eigenvalue weighted by Gasteiger charge is -2.14. The third-order valence-electron chi connectivity index (χ3n) is 4.88. The largest absolute Gasteiger partial charge is 0.496 e. The zero-order valence-electron chi connectivity index (χ0n) is 19.6. The summed E-state index contributed by atoms with van der Waals surface area (Å²) in [6.45, 7) is 7.16. The van der Waals surface area contributed by atoms with Crippen LogP contribution in [0, 0.1) is 6.92 Å². The van der Waals surface area contributed by atoms with E-state index in [0.29, 0.717) is 48.6 Å². The number of hydrogen-bond acceptors (Lipinski definition) is 10. The molecule has 180 valence electrons. The molecule has 0 saturated carbocycles. The number of esters is 1. The van der Waals surface area contributed by atoms with Crippen molar-refractivity contribution in [1.82, 2.24) is 0 Å². The molecule has 0 aliphatic carbocycles. The Morgan fingerprint density at radius 1 is 0.848 bits per heavy atom. The van der Waals surface area contributed by atoms with Gasteiger partial charge >= 0.3 is 5.97 Å². The van der Waals surface area contributed by atoms with Gasteiger partial charge < -0.3 is 33.5 Å². The van der Waals surface area contributed by atoms with Crippen molar-refractivity contribution in [3.8, 4) is 34.5 Å². The summed E-state index contributed by atoms with van der Waals surface area (Å²) in [5, 5.41) is 0. The van der Waals surface area contributed by atoms with Gasteiger partial charge in [-0.3, -0.25) is 0 Å². The Hall–Kier alpha value is -3.37. The summed E-state index contributed by atoms with van der Waals surface area (Å²) in [5.74, 6) is 2.84. The number of hydrogen-bond donors (Lipinski definition) is 0. The van der Waals surface area contributed by atoms with Crippen molar-refractivity contribution in [3.05, 3.63) is 34.4 Å². The quantitative estimate of drug-likeness (QED) is 0.442. The van der Waals surface area contributed by atoms with E-state index in [4.69, 9.17) is 43.2 Å². The van der Waals surface area contributed by atoms with Crippen molar-refractivity contribution in [2.24, 2.45) is 0 Å². The Balaban J connectivity index is 0.000000194. The summed E-state index contributed by atoms with van der Waals surface area (Å²) in [6, 6.07) is 3.46. The number of fused-ring (bicyclic) bond motifs is 2. The maximum absolute atomic E-state index is 11.8. The molecule has 0 atom stereocenters. The van der Waals surface area contributed by atoms with E-state index in [1.807, 2.05) is 26.8 Å². The molecule has 0 aromatic heterocycles. The fourth-order valence-electron chi connectivity index (χ4n) is 3.48. The van der Waals surface area contributed by atoms with E-state index in [0.717, 1.165) is 22.4 Å². The van der Waals surface area contributed by atoms with Gasteiger partial charge in [0.25, 0.3) is 0 Å². The van der Waals surface area contributed by atoms with Gasteiger partial charge in [-0.15, -0.1) is 0 Å². The highest BCUT2D eigenvalue weighted by molar-refractivity contribution is 5.94. The molecule has 10 heteroatoms. The Labute approximate surface area is 192 Å². The van der Waals surface area contributed by atoms with Crippen LogP contribution in [-0.4, -0.2) is 40.5 Å². The molecular weight excluding hydrogens is 436 g/mol. The summed E-state index contributed by atoms with van der Waals surface area (Å²) in [7, 11) is 4.54. The van der Waals surface area contributed by atoms with E-state index >= 15 is 0 Å². The first-order chi connectivity index (χ1) is 16.0. The third kappa shape index (κ3) is 4.86. The second-order valence-electron chi connectivity index (χ2n) is 6.84. The van der Waals surface area contributed by atoms with Gasteiger partial charge in [-0.2, -0.15) is 9.78 Å². The van der Waals surface area contributed by atoms with Crippen molar-refractivity contribution in [3.63, 3.8) is 0 Å². The maximum Gasteiger partial charge on any atom is 0.341 e. The maximum atomic E-state index is 11.8. The monoisotopic (exact) mass is 464 g/mol. The molecule has 4 rings (SSSR count). The van der Waals surface area contributed by atoms with Gasteiger partial charge in [0.15, 0.2) is 11.5 Å². The summed E-state index contributed by atoms with van der Waals surface area (Å²) in [6.07, 6.45) is 0. The molecule has 0 unspecified atom stereocenters. The second kappa shape index (κ2) is 11.0. The summed E-state index contributed by atoms with van der Waals surface area (Å²) in [5.41, 5.74) is 2.91. The highest BCUT2D eigenvalue weighted by atomic mass is 17.2.